The summed E-state index contributed by atoms with van der Waals surface area (Å²) < 4.78 is 12.6. The smallest absolute Gasteiger partial charge is 0.220 e. The van der Waals surface area contributed by atoms with Crippen LogP contribution in [-0.4, -0.2) is 22.9 Å². The lowest BCUT2D eigenvalue weighted by atomic mass is 10.3. The molecule has 1 atom stereocenters. The lowest BCUT2D eigenvalue weighted by Crippen LogP contribution is -2.19. The minimum atomic E-state index is -1.19. The number of hydrogen-bond donors (Lipinski definition) is 2. The van der Waals surface area contributed by atoms with E-state index < -0.39 is 10.8 Å². The van der Waals surface area contributed by atoms with Gasteiger partial charge in [-0.25, -0.2) is 0 Å². The fraction of sp³-hybridized carbons (Fsp3) is 0.300. The Bertz CT molecular complexity index is 423. The molecule has 0 radical (unpaired) electrons. The zero-order chi connectivity index (χ0) is 12.1. The van der Waals surface area contributed by atoms with E-state index in [0.29, 0.717) is 20.8 Å². The summed E-state index contributed by atoms with van der Waals surface area (Å²) in [6.07, 6.45) is 0.250. The quantitative estimate of drug-likeness (QED) is 0.823. The van der Waals surface area contributed by atoms with Crippen molar-refractivity contribution in [2.24, 2.45) is 0 Å². The van der Waals surface area contributed by atoms with Crippen LogP contribution < -0.4 is 11.1 Å². The van der Waals surface area contributed by atoms with E-state index in [9.17, 15) is 9.00 Å². The number of nitrogens with one attached hydrogen (secondary N) is 1. The first kappa shape index (κ1) is 13.2. The molecule has 6 heteroatoms. The van der Waals surface area contributed by atoms with E-state index in [4.69, 9.17) is 5.73 Å². The van der Waals surface area contributed by atoms with Gasteiger partial charge in [0.15, 0.2) is 0 Å². The van der Waals surface area contributed by atoms with Crippen LogP contribution in [0.2, 0.25) is 0 Å². The summed E-state index contributed by atoms with van der Waals surface area (Å²) in [5.74, 6) is 0.197. The molecular weight excluding hydrogens is 292 g/mol. The van der Waals surface area contributed by atoms with Crippen LogP contribution in [0.1, 0.15) is 6.42 Å². The van der Waals surface area contributed by atoms with Crippen molar-refractivity contribution in [3.63, 3.8) is 0 Å². The van der Waals surface area contributed by atoms with Gasteiger partial charge in [0, 0.05) is 29.4 Å². The number of amides is 1. The predicted octanol–water partition coefficient (Wildman–Crippen LogP) is 1.27. The molecule has 1 aromatic carbocycles. The molecule has 0 fully saturated rings. The van der Waals surface area contributed by atoms with Gasteiger partial charge in [0.1, 0.15) is 0 Å². The van der Waals surface area contributed by atoms with Crippen molar-refractivity contribution in [2.75, 3.05) is 18.5 Å². The summed E-state index contributed by atoms with van der Waals surface area (Å²) in [4.78, 5) is 11.7. The zero-order valence-corrected chi connectivity index (χ0v) is 11.2. The first-order valence-corrected chi connectivity index (χ1v) is 6.79. The molecule has 1 unspecified atom stereocenters. The largest absolute Gasteiger partial charge is 0.399 e. The number of hydrogen-bond acceptors (Lipinski definition) is 3. The fourth-order valence-corrected chi connectivity index (χ4v) is 3.15. The number of benzene rings is 1. The van der Waals surface area contributed by atoms with E-state index in [2.05, 4.69) is 21.2 Å². The molecule has 0 bridgehead atoms. The molecule has 3 N–H and O–H groups in total. The first-order chi connectivity index (χ1) is 7.54. The molecule has 0 aliphatic carbocycles. The van der Waals surface area contributed by atoms with Gasteiger partial charge in [-0.1, -0.05) is 0 Å². The Morgan fingerprint density at radius 3 is 2.81 bits per heavy atom. The van der Waals surface area contributed by atoms with Gasteiger partial charge in [-0.2, -0.15) is 0 Å². The highest BCUT2D eigenvalue weighted by molar-refractivity contribution is 9.10. The van der Waals surface area contributed by atoms with E-state index in [0.717, 1.165) is 0 Å². The minimum absolute atomic E-state index is 0.111. The van der Waals surface area contributed by atoms with Crippen molar-refractivity contribution in [1.29, 1.82) is 0 Å². The van der Waals surface area contributed by atoms with Crippen molar-refractivity contribution < 1.29 is 9.00 Å². The maximum atomic E-state index is 11.9. The van der Waals surface area contributed by atoms with Crippen molar-refractivity contribution in [3.05, 3.63) is 22.7 Å². The number of carbonyl (C=O) groups is 1. The SMILES string of the molecule is CNC(=O)CCS(=O)c1ccc(N)cc1Br. The lowest BCUT2D eigenvalue weighted by Gasteiger charge is -2.05. The van der Waals surface area contributed by atoms with Gasteiger partial charge >= 0.3 is 0 Å². The standard InChI is InChI=1S/C10H13BrN2O2S/c1-13-10(14)4-5-16(15)9-3-2-7(12)6-8(9)11/h2-3,6H,4-5,12H2,1H3,(H,13,14). The van der Waals surface area contributed by atoms with Crippen LogP contribution in [0.15, 0.2) is 27.6 Å². The maximum Gasteiger partial charge on any atom is 0.220 e. The number of carbonyl (C=O) groups excluding carboxylic acids is 1. The van der Waals surface area contributed by atoms with Gasteiger partial charge < -0.3 is 11.1 Å². The summed E-state index contributed by atoms with van der Waals surface area (Å²) >= 11 is 3.30. The zero-order valence-electron chi connectivity index (χ0n) is 8.83. The topological polar surface area (TPSA) is 72.2 Å². The van der Waals surface area contributed by atoms with Gasteiger partial charge in [-0.05, 0) is 34.1 Å². The molecule has 0 saturated heterocycles. The predicted molar refractivity (Wildman–Crippen MR) is 68.5 cm³/mol. The monoisotopic (exact) mass is 304 g/mol. The van der Waals surface area contributed by atoms with Crippen molar-refractivity contribution >= 4 is 38.3 Å². The Hall–Kier alpha value is -0.880. The number of nitrogen functional groups attached to an aromatic ring is 1. The number of rotatable bonds is 4. The highest BCUT2D eigenvalue weighted by Gasteiger charge is 2.10. The summed E-state index contributed by atoms with van der Waals surface area (Å²) in [5.41, 5.74) is 6.19. The third-order valence-electron chi connectivity index (χ3n) is 1.99. The first-order valence-electron chi connectivity index (χ1n) is 4.68. The van der Waals surface area contributed by atoms with E-state index in [-0.39, 0.29) is 12.3 Å². The van der Waals surface area contributed by atoms with Gasteiger partial charge in [0.05, 0.1) is 15.7 Å². The van der Waals surface area contributed by atoms with Gasteiger partial charge in [-0.3, -0.25) is 9.00 Å². The van der Waals surface area contributed by atoms with Crippen molar-refractivity contribution in [1.82, 2.24) is 5.32 Å². The Labute approximate surface area is 105 Å². The van der Waals surface area contributed by atoms with E-state index in [1.807, 2.05) is 0 Å². The molecule has 0 aliphatic heterocycles. The molecule has 0 aromatic heterocycles. The molecule has 1 aromatic rings. The third kappa shape index (κ3) is 3.61. The lowest BCUT2D eigenvalue weighted by molar-refractivity contribution is -0.120. The maximum absolute atomic E-state index is 11.9. The van der Waals surface area contributed by atoms with Gasteiger partial charge in [0.25, 0.3) is 0 Å². The van der Waals surface area contributed by atoms with Crippen LogP contribution >= 0.6 is 15.9 Å². The molecule has 0 saturated carbocycles. The minimum Gasteiger partial charge on any atom is -0.399 e. The molecule has 1 rings (SSSR count). The Balaban J connectivity index is 2.70. The molecule has 0 heterocycles. The molecule has 16 heavy (non-hydrogen) atoms. The highest BCUT2D eigenvalue weighted by atomic mass is 79.9. The van der Waals surface area contributed by atoms with Crippen LogP contribution in [0, 0.1) is 0 Å². The highest BCUT2D eigenvalue weighted by Crippen LogP contribution is 2.23. The Morgan fingerprint density at radius 1 is 1.56 bits per heavy atom. The average Bonchev–Trinajstić information content (AvgIpc) is 2.25. The van der Waals surface area contributed by atoms with Crippen LogP contribution in [0.25, 0.3) is 0 Å². The molecule has 4 nitrogen and oxygen atoms in total. The number of halogens is 1. The molecule has 88 valence electrons. The molecular formula is C10H13BrN2O2S. The number of anilines is 1. The van der Waals surface area contributed by atoms with Crippen LogP contribution in [0.5, 0.6) is 0 Å². The van der Waals surface area contributed by atoms with Crippen LogP contribution in [-0.2, 0) is 15.6 Å². The summed E-state index contributed by atoms with van der Waals surface area (Å²) in [7, 11) is 0.371. The normalized spacial score (nSPS) is 12.1. The van der Waals surface area contributed by atoms with Gasteiger partial charge in [0.2, 0.25) is 5.91 Å². The Kier molecular flexibility index (Phi) is 4.95. The second-order valence-electron chi connectivity index (χ2n) is 3.16. The van der Waals surface area contributed by atoms with Gasteiger partial charge in [-0.15, -0.1) is 0 Å². The number of nitrogens with two attached hydrogens (primary N) is 1. The average molecular weight is 305 g/mol. The van der Waals surface area contributed by atoms with E-state index >= 15 is 0 Å². The van der Waals surface area contributed by atoms with Crippen LogP contribution in [0.3, 0.4) is 0 Å². The summed E-state index contributed by atoms with van der Waals surface area (Å²) in [6.45, 7) is 0. The Morgan fingerprint density at radius 2 is 2.25 bits per heavy atom. The third-order valence-corrected chi connectivity index (χ3v) is 4.33. The summed E-state index contributed by atoms with van der Waals surface area (Å²) in [6, 6.07) is 5.10. The van der Waals surface area contributed by atoms with Crippen LogP contribution in [0.4, 0.5) is 5.69 Å². The second kappa shape index (κ2) is 6.00. The van der Waals surface area contributed by atoms with E-state index in [1.165, 1.54) is 0 Å². The molecule has 0 aliphatic rings. The van der Waals surface area contributed by atoms with Crippen molar-refractivity contribution in [2.45, 2.75) is 11.3 Å². The van der Waals surface area contributed by atoms with E-state index in [1.54, 1.807) is 25.2 Å². The fourth-order valence-electron chi connectivity index (χ4n) is 1.12. The molecule has 0 spiro atoms. The van der Waals surface area contributed by atoms with Crippen molar-refractivity contribution in [3.8, 4) is 0 Å². The second-order valence-corrected chi connectivity index (χ2v) is 5.56. The summed E-state index contributed by atoms with van der Waals surface area (Å²) in [5, 5.41) is 2.49. The molecule has 1 amide bonds.